The standard InChI is InChI=1S/C8H10N4O2S/c1-15-8-10-4-9-7(11-8)12-3-5(13)2-6(12)14/h4-5,13H,2-3H2,1H3. The van der Waals surface area contributed by atoms with Gasteiger partial charge in [-0.1, -0.05) is 11.8 Å². The molecule has 1 fully saturated rings. The third-order valence-electron chi connectivity index (χ3n) is 2.07. The number of carbonyl (C=O) groups excluding carboxylic acids is 1. The number of thioether (sulfide) groups is 1. The van der Waals surface area contributed by atoms with Crippen LogP contribution in [0.1, 0.15) is 6.42 Å². The van der Waals surface area contributed by atoms with Crippen molar-refractivity contribution in [3.8, 4) is 0 Å². The number of anilines is 1. The molecule has 1 aromatic heterocycles. The highest BCUT2D eigenvalue weighted by Gasteiger charge is 2.30. The van der Waals surface area contributed by atoms with Crippen molar-refractivity contribution in [2.45, 2.75) is 17.7 Å². The van der Waals surface area contributed by atoms with Crippen molar-refractivity contribution in [3.05, 3.63) is 6.33 Å². The average molecular weight is 226 g/mol. The van der Waals surface area contributed by atoms with Crippen LogP contribution in [-0.4, -0.2) is 44.9 Å². The summed E-state index contributed by atoms with van der Waals surface area (Å²) < 4.78 is 0. The summed E-state index contributed by atoms with van der Waals surface area (Å²) in [6.07, 6.45) is 2.73. The van der Waals surface area contributed by atoms with Gasteiger partial charge in [-0.05, 0) is 6.26 Å². The summed E-state index contributed by atoms with van der Waals surface area (Å²) in [7, 11) is 0. The molecule has 1 atom stereocenters. The molecule has 2 rings (SSSR count). The van der Waals surface area contributed by atoms with E-state index in [0.717, 1.165) is 0 Å². The zero-order valence-electron chi connectivity index (χ0n) is 8.12. The molecule has 1 aromatic rings. The van der Waals surface area contributed by atoms with E-state index in [9.17, 15) is 9.90 Å². The van der Waals surface area contributed by atoms with Crippen LogP contribution in [0.4, 0.5) is 5.95 Å². The molecule has 1 unspecified atom stereocenters. The Labute approximate surface area is 90.7 Å². The lowest BCUT2D eigenvalue weighted by atomic mass is 10.3. The van der Waals surface area contributed by atoms with Gasteiger partial charge in [0.2, 0.25) is 11.9 Å². The van der Waals surface area contributed by atoms with Crippen molar-refractivity contribution >= 4 is 23.6 Å². The third-order valence-corrected chi connectivity index (χ3v) is 2.63. The van der Waals surface area contributed by atoms with E-state index in [2.05, 4.69) is 15.0 Å². The van der Waals surface area contributed by atoms with Crippen molar-refractivity contribution < 1.29 is 9.90 Å². The van der Waals surface area contributed by atoms with Gasteiger partial charge in [-0.3, -0.25) is 9.69 Å². The molecule has 1 aliphatic heterocycles. The van der Waals surface area contributed by atoms with Crippen molar-refractivity contribution in [3.63, 3.8) is 0 Å². The Kier molecular flexibility index (Phi) is 2.83. The van der Waals surface area contributed by atoms with Crippen molar-refractivity contribution in [2.24, 2.45) is 0 Å². The van der Waals surface area contributed by atoms with Crippen LogP contribution in [0.3, 0.4) is 0 Å². The number of aromatic nitrogens is 3. The number of aliphatic hydroxyl groups is 1. The van der Waals surface area contributed by atoms with Crippen molar-refractivity contribution in [1.29, 1.82) is 0 Å². The van der Waals surface area contributed by atoms with E-state index < -0.39 is 6.10 Å². The van der Waals surface area contributed by atoms with Gasteiger partial charge >= 0.3 is 0 Å². The highest BCUT2D eigenvalue weighted by molar-refractivity contribution is 7.98. The summed E-state index contributed by atoms with van der Waals surface area (Å²) in [5.74, 6) is 0.164. The van der Waals surface area contributed by atoms with Gasteiger partial charge in [0.15, 0.2) is 5.16 Å². The zero-order valence-corrected chi connectivity index (χ0v) is 8.94. The van der Waals surface area contributed by atoms with E-state index >= 15 is 0 Å². The number of aliphatic hydroxyl groups excluding tert-OH is 1. The fraction of sp³-hybridized carbons (Fsp3) is 0.500. The Morgan fingerprint density at radius 1 is 1.60 bits per heavy atom. The SMILES string of the molecule is CSc1ncnc(N2CC(O)CC2=O)n1. The molecule has 0 bridgehead atoms. The molecule has 0 aromatic carbocycles. The largest absolute Gasteiger partial charge is 0.391 e. The summed E-state index contributed by atoms with van der Waals surface area (Å²) in [4.78, 5) is 24.7. The Balaban J connectivity index is 2.25. The lowest BCUT2D eigenvalue weighted by molar-refractivity contribution is -0.117. The van der Waals surface area contributed by atoms with Gasteiger partial charge in [0.25, 0.3) is 0 Å². The number of hydrogen-bond acceptors (Lipinski definition) is 6. The normalized spacial score (nSPS) is 21.1. The number of amides is 1. The summed E-state index contributed by atoms with van der Waals surface area (Å²) in [6, 6.07) is 0. The van der Waals surface area contributed by atoms with Gasteiger partial charge in [0.1, 0.15) is 6.33 Å². The number of nitrogens with zero attached hydrogens (tertiary/aromatic N) is 4. The molecule has 0 saturated carbocycles. The lowest BCUT2D eigenvalue weighted by Crippen LogP contribution is -2.27. The van der Waals surface area contributed by atoms with Gasteiger partial charge in [0.05, 0.1) is 19.1 Å². The van der Waals surface area contributed by atoms with Gasteiger partial charge in [-0.15, -0.1) is 0 Å². The molecular formula is C8H10N4O2S. The maximum atomic E-state index is 11.4. The number of rotatable bonds is 2. The first-order valence-electron chi connectivity index (χ1n) is 4.42. The Hall–Kier alpha value is -1.21. The monoisotopic (exact) mass is 226 g/mol. The van der Waals surface area contributed by atoms with E-state index in [4.69, 9.17) is 0 Å². The second-order valence-corrected chi connectivity index (χ2v) is 3.91. The first-order chi connectivity index (χ1) is 7.20. The van der Waals surface area contributed by atoms with E-state index in [-0.39, 0.29) is 18.9 Å². The molecule has 6 nitrogen and oxygen atoms in total. The maximum absolute atomic E-state index is 11.4. The van der Waals surface area contributed by atoms with Gasteiger partial charge < -0.3 is 5.11 Å². The van der Waals surface area contributed by atoms with Crippen LogP contribution >= 0.6 is 11.8 Å². The summed E-state index contributed by atoms with van der Waals surface area (Å²) in [6.45, 7) is 0.261. The topological polar surface area (TPSA) is 79.2 Å². The number of β-amino-alcohol motifs (C(OH)–C–C–N with tert-alkyl or cyclic N) is 1. The van der Waals surface area contributed by atoms with Crippen molar-refractivity contribution in [1.82, 2.24) is 15.0 Å². The molecule has 0 spiro atoms. The lowest BCUT2D eigenvalue weighted by Gasteiger charge is -2.12. The minimum atomic E-state index is -0.619. The molecule has 1 N–H and O–H groups in total. The highest BCUT2D eigenvalue weighted by Crippen LogP contribution is 2.18. The Morgan fingerprint density at radius 2 is 2.40 bits per heavy atom. The fourth-order valence-electron chi connectivity index (χ4n) is 1.38. The summed E-state index contributed by atoms with van der Waals surface area (Å²) >= 11 is 1.38. The van der Waals surface area contributed by atoms with Crippen LogP contribution in [-0.2, 0) is 4.79 Å². The molecule has 0 aliphatic carbocycles. The summed E-state index contributed by atoms with van der Waals surface area (Å²) in [5, 5.41) is 9.88. The van der Waals surface area contributed by atoms with E-state index in [1.54, 1.807) is 0 Å². The highest BCUT2D eigenvalue weighted by atomic mass is 32.2. The van der Waals surface area contributed by atoms with Crippen LogP contribution in [0.5, 0.6) is 0 Å². The third kappa shape index (κ3) is 2.07. The molecule has 7 heteroatoms. The number of hydrogen-bond donors (Lipinski definition) is 1. The van der Waals surface area contributed by atoms with E-state index in [0.29, 0.717) is 11.1 Å². The average Bonchev–Trinajstić information content (AvgIpc) is 2.58. The van der Waals surface area contributed by atoms with Gasteiger partial charge in [-0.2, -0.15) is 4.98 Å². The van der Waals surface area contributed by atoms with Gasteiger partial charge in [0, 0.05) is 0 Å². The summed E-state index contributed by atoms with van der Waals surface area (Å²) in [5.41, 5.74) is 0. The quantitative estimate of drug-likeness (QED) is 0.697. The molecule has 2 heterocycles. The second kappa shape index (κ2) is 4.11. The molecule has 15 heavy (non-hydrogen) atoms. The Bertz CT molecular complexity index is 387. The van der Waals surface area contributed by atoms with E-state index in [1.807, 2.05) is 6.26 Å². The second-order valence-electron chi connectivity index (χ2n) is 3.13. The molecule has 1 saturated heterocycles. The van der Waals surface area contributed by atoms with Crippen LogP contribution in [0.25, 0.3) is 0 Å². The van der Waals surface area contributed by atoms with Gasteiger partial charge in [-0.25, -0.2) is 9.97 Å². The zero-order chi connectivity index (χ0) is 10.8. The predicted octanol–water partition coefficient (Wildman–Crippen LogP) is -0.309. The molecule has 0 radical (unpaired) electrons. The van der Waals surface area contributed by atoms with E-state index in [1.165, 1.54) is 23.0 Å². The first kappa shape index (κ1) is 10.3. The van der Waals surface area contributed by atoms with Crippen LogP contribution in [0.2, 0.25) is 0 Å². The maximum Gasteiger partial charge on any atom is 0.236 e. The minimum absolute atomic E-state index is 0.139. The Morgan fingerprint density at radius 3 is 3.00 bits per heavy atom. The number of carbonyl (C=O) groups is 1. The smallest absolute Gasteiger partial charge is 0.236 e. The fourth-order valence-corrected chi connectivity index (χ4v) is 1.71. The van der Waals surface area contributed by atoms with Crippen molar-refractivity contribution in [2.75, 3.05) is 17.7 Å². The molecule has 1 aliphatic rings. The van der Waals surface area contributed by atoms with Crippen LogP contribution < -0.4 is 4.90 Å². The van der Waals surface area contributed by atoms with Crippen LogP contribution in [0.15, 0.2) is 11.5 Å². The minimum Gasteiger partial charge on any atom is -0.391 e. The predicted molar refractivity (Wildman–Crippen MR) is 54.6 cm³/mol. The molecule has 1 amide bonds. The molecule has 80 valence electrons. The van der Waals surface area contributed by atoms with Crippen LogP contribution in [0, 0.1) is 0 Å². The molecular weight excluding hydrogens is 216 g/mol. The first-order valence-corrected chi connectivity index (χ1v) is 5.64.